The van der Waals surface area contributed by atoms with Gasteiger partial charge >= 0.3 is 10.2 Å². The van der Waals surface area contributed by atoms with E-state index in [9.17, 15) is 22.4 Å². The molecule has 186 valence electrons. The number of aromatic nitrogens is 3. The molecule has 2 aromatic carbocycles. The van der Waals surface area contributed by atoms with Gasteiger partial charge in [0.05, 0.1) is 22.5 Å². The quantitative estimate of drug-likeness (QED) is 0.300. The fourth-order valence-electron chi connectivity index (χ4n) is 5.22. The molecule has 5 aromatic rings. The van der Waals surface area contributed by atoms with Crippen molar-refractivity contribution in [3.05, 3.63) is 70.1 Å². The normalized spacial score (nSPS) is 14.1. The molecule has 0 saturated heterocycles. The Labute approximate surface area is 212 Å². The smallest absolute Gasteiger partial charge is 0.333 e. The molecule has 0 spiro atoms. The minimum absolute atomic E-state index is 0.104. The lowest BCUT2D eigenvalue weighted by Gasteiger charge is -2.18. The van der Waals surface area contributed by atoms with Crippen molar-refractivity contribution in [2.75, 3.05) is 0 Å². The van der Waals surface area contributed by atoms with Crippen molar-refractivity contribution in [2.24, 2.45) is 5.92 Å². The Bertz CT molecular complexity index is 1960. The molecule has 1 saturated carbocycles. The summed E-state index contributed by atoms with van der Waals surface area (Å²) >= 11 is 0. The number of rotatable bonds is 5. The van der Waals surface area contributed by atoms with E-state index < -0.39 is 15.1 Å². The van der Waals surface area contributed by atoms with Crippen LogP contribution in [0.2, 0.25) is 0 Å². The summed E-state index contributed by atoms with van der Waals surface area (Å²) in [6.07, 6.45) is 5.08. The Kier molecular flexibility index (Phi) is 5.21. The minimum atomic E-state index is -4.93. The van der Waals surface area contributed by atoms with Gasteiger partial charge in [0.1, 0.15) is 10.5 Å². The van der Waals surface area contributed by atoms with Crippen molar-refractivity contribution in [3.8, 4) is 17.2 Å². The molecule has 1 aliphatic rings. The summed E-state index contributed by atoms with van der Waals surface area (Å²) in [6.45, 7) is 4.12. The van der Waals surface area contributed by atoms with Gasteiger partial charge in [-0.05, 0) is 66.6 Å². The largest absolute Gasteiger partial charge is 0.340 e. The fraction of sp³-hybridized carbons (Fsp3) is 0.250. The van der Waals surface area contributed by atoms with Gasteiger partial charge in [0.25, 0.3) is 0 Å². The Morgan fingerprint density at radius 1 is 1.16 bits per heavy atom. The zero-order valence-electron chi connectivity index (χ0n) is 20.2. The van der Waals surface area contributed by atoms with Crippen molar-refractivity contribution in [1.82, 2.24) is 14.5 Å². The highest BCUT2D eigenvalue weighted by atomic mass is 32.3. The number of pyridine rings is 2. The molecule has 0 atom stereocenters. The summed E-state index contributed by atoms with van der Waals surface area (Å²) in [5.74, 6) is 0.254. The number of benzene rings is 2. The van der Waals surface area contributed by atoms with Crippen molar-refractivity contribution in [3.63, 3.8) is 0 Å². The lowest BCUT2D eigenvalue weighted by molar-refractivity contribution is 0.551. The van der Waals surface area contributed by atoms with Crippen molar-refractivity contribution in [1.29, 1.82) is 5.26 Å². The van der Waals surface area contributed by atoms with E-state index in [0.717, 1.165) is 46.6 Å². The van der Waals surface area contributed by atoms with Crippen LogP contribution in [0.1, 0.15) is 43.9 Å². The summed E-state index contributed by atoms with van der Waals surface area (Å²) in [5.41, 5.74) is 4.61. The number of fused-ring (bicyclic) bond motifs is 4. The Morgan fingerprint density at radius 3 is 2.62 bits per heavy atom. The fourth-order valence-corrected chi connectivity index (χ4v) is 5.68. The first-order chi connectivity index (χ1) is 17.7. The van der Waals surface area contributed by atoms with Gasteiger partial charge in [0.15, 0.2) is 5.43 Å². The Hall–Kier alpha value is -4.03. The Morgan fingerprint density at radius 2 is 1.95 bits per heavy atom. The zero-order valence-corrected chi connectivity index (χ0v) is 21.1. The average molecular weight is 515 g/mol. The molecule has 1 N–H and O–H groups in total. The number of aromatic amines is 1. The van der Waals surface area contributed by atoms with Crippen LogP contribution in [0.15, 0.2) is 58.5 Å². The number of nitrogens with one attached hydrogen (secondary N) is 1. The maximum Gasteiger partial charge on any atom is 0.333 e. The Balaban J connectivity index is 1.73. The van der Waals surface area contributed by atoms with Gasteiger partial charge in [-0.25, -0.2) is 0 Å². The summed E-state index contributed by atoms with van der Waals surface area (Å²) < 4.78 is 39.1. The van der Waals surface area contributed by atoms with Gasteiger partial charge in [0, 0.05) is 40.3 Å². The molecule has 1 fully saturated rings. The third kappa shape index (κ3) is 3.89. The average Bonchev–Trinajstić information content (AvgIpc) is 3.62. The highest BCUT2D eigenvalue weighted by Crippen LogP contribution is 2.42. The van der Waals surface area contributed by atoms with Crippen molar-refractivity contribution in [2.45, 2.75) is 44.0 Å². The molecule has 37 heavy (non-hydrogen) atoms. The molecule has 0 aliphatic heterocycles. The van der Waals surface area contributed by atoms with E-state index in [0.29, 0.717) is 34.0 Å². The highest BCUT2D eigenvalue weighted by molar-refractivity contribution is 7.86. The first-order valence-electron chi connectivity index (χ1n) is 12.1. The zero-order chi connectivity index (χ0) is 26.1. The van der Waals surface area contributed by atoms with Crippen LogP contribution < -0.4 is 5.43 Å². The molecule has 0 amide bonds. The van der Waals surface area contributed by atoms with E-state index in [1.807, 2.05) is 18.2 Å². The van der Waals surface area contributed by atoms with E-state index in [4.69, 9.17) is 0 Å². The molecular formula is C28H23FN4O3S. The van der Waals surface area contributed by atoms with Crippen LogP contribution in [-0.2, 0) is 16.6 Å². The predicted molar refractivity (Wildman–Crippen MR) is 141 cm³/mol. The topological polar surface area (TPSA) is 109 Å². The van der Waals surface area contributed by atoms with Gasteiger partial charge in [0.2, 0.25) is 0 Å². The second kappa shape index (κ2) is 8.25. The molecule has 6 rings (SSSR count). The van der Waals surface area contributed by atoms with Gasteiger partial charge in [-0.15, -0.1) is 3.89 Å². The van der Waals surface area contributed by atoms with Crippen molar-refractivity contribution >= 4 is 43.1 Å². The number of nitrogens with zero attached hydrogens (tertiary/aromatic N) is 3. The van der Waals surface area contributed by atoms with Crippen LogP contribution in [0.3, 0.4) is 0 Å². The summed E-state index contributed by atoms with van der Waals surface area (Å²) in [6, 6.07) is 12.7. The maximum absolute atomic E-state index is 13.9. The first kappa shape index (κ1) is 23.4. The van der Waals surface area contributed by atoms with Gasteiger partial charge in [-0.1, -0.05) is 19.9 Å². The second-order valence-corrected chi connectivity index (χ2v) is 11.5. The van der Waals surface area contributed by atoms with E-state index in [-0.39, 0.29) is 17.4 Å². The molecular weight excluding hydrogens is 491 g/mol. The lowest BCUT2D eigenvalue weighted by atomic mass is 9.92. The molecule has 1 aliphatic carbocycles. The van der Waals surface area contributed by atoms with Crippen LogP contribution >= 0.6 is 0 Å². The third-order valence-corrected chi connectivity index (χ3v) is 7.73. The molecule has 0 bridgehead atoms. The van der Waals surface area contributed by atoms with E-state index in [2.05, 4.69) is 34.5 Å². The number of hydrogen-bond acceptors (Lipinski definition) is 5. The monoisotopic (exact) mass is 514 g/mol. The third-order valence-electron chi connectivity index (χ3n) is 6.95. The summed E-state index contributed by atoms with van der Waals surface area (Å²) in [4.78, 5) is 20.8. The van der Waals surface area contributed by atoms with Crippen molar-refractivity contribution < 1.29 is 12.3 Å². The predicted octanol–water partition coefficient (Wildman–Crippen LogP) is 5.76. The van der Waals surface area contributed by atoms with E-state index in [1.165, 1.54) is 12.3 Å². The SMILES string of the molecule is CC(C)Cc1cc2c(=O)c3c4ccc(C#N)cc4[nH]c3n(C3CC3)c2cc1-c1cncc(S(=O)(=O)F)c1. The number of H-pyrrole nitrogens is 1. The van der Waals surface area contributed by atoms with Crippen LogP contribution in [0.25, 0.3) is 44.0 Å². The molecule has 3 heterocycles. The first-order valence-corrected chi connectivity index (χ1v) is 13.5. The van der Waals surface area contributed by atoms with Crippen LogP contribution in [-0.4, -0.2) is 23.0 Å². The second-order valence-electron chi connectivity index (χ2n) is 10.1. The summed E-state index contributed by atoms with van der Waals surface area (Å²) in [5, 5.41) is 11.3. The van der Waals surface area contributed by atoms with Crippen LogP contribution in [0.4, 0.5) is 3.89 Å². The molecule has 0 radical (unpaired) electrons. The van der Waals surface area contributed by atoms with Gasteiger partial charge in [-0.3, -0.25) is 9.78 Å². The number of hydrogen-bond donors (Lipinski definition) is 1. The van der Waals surface area contributed by atoms with Crippen LogP contribution in [0, 0.1) is 17.2 Å². The van der Waals surface area contributed by atoms with Crippen LogP contribution in [0.5, 0.6) is 0 Å². The van der Waals surface area contributed by atoms with Gasteiger partial charge < -0.3 is 9.55 Å². The molecule has 0 unspecified atom stereocenters. The number of nitriles is 1. The maximum atomic E-state index is 13.9. The molecule has 9 heteroatoms. The molecule has 7 nitrogen and oxygen atoms in total. The van der Waals surface area contributed by atoms with E-state index >= 15 is 0 Å². The number of halogens is 1. The highest BCUT2D eigenvalue weighted by Gasteiger charge is 2.29. The molecule has 3 aromatic heterocycles. The minimum Gasteiger partial charge on any atom is -0.340 e. The van der Waals surface area contributed by atoms with Gasteiger partial charge in [-0.2, -0.15) is 13.7 Å². The standard InChI is InChI=1S/C28H23FN4O3S/c1-15(2)7-17-10-23-25(11-22(17)18-9-20(14-31-13-18)37(29,35)36)33(19-4-5-19)28-26(27(23)34)21-6-3-16(12-30)8-24(21)32-28/h3,6,8-11,13-15,19,32H,4-5,7H2,1-2H3. The summed E-state index contributed by atoms with van der Waals surface area (Å²) in [7, 11) is -4.93. The lowest BCUT2D eigenvalue weighted by Crippen LogP contribution is -2.12. The van der Waals surface area contributed by atoms with E-state index in [1.54, 1.807) is 12.1 Å².